The van der Waals surface area contributed by atoms with Gasteiger partial charge in [0, 0.05) is 17.8 Å². The summed E-state index contributed by atoms with van der Waals surface area (Å²) in [5, 5.41) is 1.79. The molecule has 0 saturated heterocycles. The molecule has 0 spiro atoms. The van der Waals surface area contributed by atoms with Gasteiger partial charge in [0.15, 0.2) is 0 Å². The number of nitrogens with one attached hydrogen (secondary N) is 1. The lowest BCUT2D eigenvalue weighted by atomic mass is 9.75. The Bertz CT molecular complexity index is 348. The monoisotopic (exact) mass is 339 g/mol. The zero-order chi connectivity index (χ0) is 16.3. The molecule has 0 aromatic carbocycles. The highest BCUT2D eigenvalue weighted by Crippen LogP contribution is 2.40. The summed E-state index contributed by atoms with van der Waals surface area (Å²) < 4.78 is 74.4. The largest absolute Gasteiger partial charge is 0.409 e. The van der Waals surface area contributed by atoms with Gasteiger partial charge in [-0.25, -0.2) is 0 Å². The third kappa shape index (κ3) is 4.93. The standard InChI is InChI=1S/C12H16ClF6NO/c13-6-10(4-2-1-3-5-10)7-20-9(21)8(11(14,15)16)12(17,18)19/h8H,1-7H2,(H,20,21). The molecule has 1 amide bonds. The normalized spacial score (nSPS) is 19.6. The second-order valence-corrected chi connectivity index (χ2v) is 5.70. The minimum atomic E-state index is -5.66. The Morgan fingerprint density at radius 1 is 1.05 bits per heavy atom. The van der Waals surface area contributed by atoms with E-state index in [4.69, 9.17) is 11.6 Å². The molecule has 1 aliphatic rings. The van der Waals surface area contributed by atoms with Crippen molar-refractivity contribution in [3.05, 3.63) is 0 Å². The molecule has 1 aliphatic carbocycles. The number of carbonyl (C=O) groups excluding carboxylic acids is 1. The van der Waals surface area contributed by atoms with Crippen molar-refractivity contribution in [2.24, 2.45) is 11.3 Å². The van der Waals surface area contributed by atoms with Crippen LogP contribution < -0.4 is 5.32 Å². The van der Waals surface area contributed by atoms with E-state index in [1.807, 2.05) is 0 Å². The van der Waals surface area contributed by atoms with Crippen LogP contribution in [0.5, 0.6) is 0 Å². The minimum absolute atomic E-state index is 0.0932. The first kappa shape index (κ1) is 18.4. The molecule has 0 radical (unpaired) electrons. The predicted molar refractivity (Wildman–Crippen MR) is 64.8 cm³/mol. The van der Waals surface area contributed by atoms with Gasteiger partial charge in [0.25, 0.3) is 0 Å². The minimum Gasteiger partial charge on any atom is -0.355 e. The van der Waals surface area contributed by atoms with Crippen molar-refractivity contribution in [1.82, 2.24) is 5.32 Å². The van der Waals surface area contributed by atoms with E-state index >= 15 is 0 Å². The second-order valence-electron chi connectivity index (χ2n) is 5.43. The van der Waals surface area contributed by atoms with Crippen LogP contribution >= 0.6 is 11.6 Å². The van der Waals surface area contributed by atoms with Crippen LogP contribution in [0.15, 0.2) is 0 Å². The molecular formula is C12H16ClF6NO. The number of carbonyl (C=O) groups is 1. The number of halogens is 7. The molecule has 0 aliphatic heterocycles. The average Bonchev–Trinajstić information content (AvgIpc) is 2.34. The lowest BCUT2D eigenvalue weighted by molar-refractivity contribution is -0.274. The van der Waals surface area contributed by atoms with E-state index in [1.165, 1.54) is 0 Å². The lowest BCUT2D eigenvalue weighted by Crippen LogP contribution is -2.50. The molecule has 1 saturated carbocycles. The summed E-state index contributed by atoms with van der Waals surface area (Å²) in [5.41, 5.74) is -0.614. The summed E-state index contributed by atoms with van der Waals surface area (Å²) in [6.45, 7) is -0.266. The average molecular weight is 340 g/mol. The van der Waals surface area contributed by atoms with Crippen molar-refractivity contribution in [3.8, 4) is 0 Å². The third-order valence-corrected chi connectivity index (χ3v) is 4.32. The summed E-state index contributed by atoms with van der Waals surface area (Å²) in [5.74, 6) is -5.97. The van der Waals surface area contributed by atoms with Crippen molar-refractivity contribution < 1.29 is 31.1 Å². The van der Waals surface area contributed by atoms with Crippen molar-refractivity contribution in [2.75, 3.05) is 12.4 Å². The molecule has 0 aromatic heterocycles. The van der Waals surface area contributed by atoms with E-state index in [-0.39, 0.29) is 12.4 Å². The molecule has 0 bridgehead atoms. The van der Waals surface area contributed by atoms with Crippen LogP contribution in [0, 0.1) is 11.3 Å². The maximum absolute atomic E-state index is 12.4. The van der Waals surface area contributed by atoms with Gasteiger partial charge < -0.3 is 5.32 Å². The van der Waals surface area contributed by atoms with E-state index in [1.54, 1.807) is 5.32 Å². The molecule has 0 unspecified atom stereocenters. The lowest BCUT2D eigenvalue weighted by Gasteiger charge is -2.36. The topological polar surface area (TPSA) is 29.1 Å². The maximum Gasteiger partial charge on any atom is 0.409 e. The molecule has 0 atom stereocenters. The molecule has 9 heteroatoms. The fourth-order valence-corrected chi connectivity index (χ4v) is 2.88. The van der Waals surface area contributed by atoms with E-state index in [0.717, 1.165) is 19.3 Å². The Morgan fingerprint density at radius 2 is 1.52 bits per heavy atom. The quantitative estimate of drug-likeness (QED) is 0.608. The van der Waals surface area contributed by atoms with Gasteiger partial charge in [0.2, 0.25) is 11.8 Å². The van der Waals surface area contributed by atoms with Crippen LogP contribution in [0.2, 0.25) is 0 Å². The Balaban J connectivity index is 2.74. The van der Waals surface area contributed by atoms with Crippen LogP contribution in [0.4, 0.5) is 26.3 Å². The van der Waals surface area contributed by atoms with E-state index < -0.39 is 29.6 Å². The molecule has 0 heterocycles. The van der Waals surface area contributed by atoms with Crippen LogP contribution in [0.25, 0.3) is 0 Å². The number of hydrogen-bond donors (Lipinski definition) is 1. The van der Waals surface area contributed by atoms with E-state index in [0.29, 0.717) is 12.8 Å². The number of alkyl halides is 7. The highest BCUT2D eigenvalue weighted by Gasteiger charge is 2.61. The van der Waals surface area contributed by atoms with E-state index in [9.17, 15) is 31.1 Å². The van der Waals surface area contributed by atoms with Crippen molar-refractivity contribution in [2.45, 2.75) is 44.5 Å². The smallest absolute Gasteiger partial charge is 0.355 e. The Hall–Kier alpha value is -0.660. The number of hydrogen-bond acceptors (Lipinski definition) is 1. The molecular weight excluding hydrogens is 324 g/mol. The van der Waals surface area contributed by atoms with Gasteiger partial charge >= 0.3 is 12.4 Å². The van der Waals surface area contributed by atoms with Gasteiger partial charge in [-0.05, 0) is 12.8 Å². The predicted octanol–water partition coefficient (Wildman–Crippen LogP) is 4.03. The van der Waals surface area contributed by atoms with Crippen LogP contribution in [0.1, 0.15) is 32.1 Å². The molecule has 1 N–H and O–H groups in total. The first-order valence-electron chi connectivity index (χ1n) is 6.49. The fourth-order valence-electron chi connectivity index (χ4n) is 2.52. The molecule has 124 valence electrons. The van der Waals surface area contributed by atoms with E-state index in [2.05, 4.69) is 0 Å². The van der Waals surface area contributed by atoms with Crippen molar-refractivity contribution in [1.29, 1.82) is 0 Å². The molecule has 1 fully saturated rings. The van der Waals surface area contributed by atoms with Crippen molar-refractivity contribution in [3.63, 3.8) is 0 Å². The Labute approximate surface area is 123 Å². The van der Waals surface area contributed by atoms with Gasteiger partial charge in [-0.2, -0.15) is 26.3 Å². The summed E-state index contributed by atoms with van der Waals surface area (Å²) in [6, 6.07) is 0. The number of amides is 1. The highest BCUT2D eigenvalue weighted by molar-refractivity contribution is 6.18. The summed E-state index contributed by atoms with van der Waals surface area (Å²) in [4.78, 5) is 11.3. The Morgan fingerprint density at radius 3 is 1.90 bits per heavy atom. The number of rotatable bonds is 4. The van der Waals surface area contributed by atoms with Crippen LogP contribution in [0.3, 0.4) is 0 Å². The van der Waals surface area contributed by atoms with Gasteiger partial charge in [-0.3, -0.25) is 4.79 Å². The summed E-state index contributed by atoms with van der Waals surface area (Å²) in [6.07, 6.45) is -7.62. The SMILES string of the molecule is O=C(NCC1(CCl)CCCCC1)C(C(F)(F)F)C(F)(F)F. The zero-order valence-corrected chi connectivity index (χ0v) is 11.8. The van der Waals surface area contributed by atoms with Gasteiger partial charge in [-0.15, -0.1) is 11.6 Å². The fraction of sp³-hybridized carbons (Fsp3) is 0.917. The highest BCUT2D eigenvalue weighted by atomic mass is 35.5. The van der Waals surface area contributed by atoms with Gasteiger partial charge in [0.1, 0.15) is 0 Å². The first-order valence-corrected chi connectivity index (χ1v) is 7.02. The molecule has 2 nitrogen and oxygen atoms in total. The summed E-state index contributed by atoms with van der Waals surface area (Å²) in [7, 11) is 0. The van der Waals surface area contributed by atoms with Gasteiger partial charge in [0.05, 0.1) is 0 Å². The summed E-state index contributed by atoms with van der Waals surface area (Å²) >= 11 is 5.78. The van der Waals surface area contributed by atoms with Gasteiger partial charge in [-0.1, -0.05) is 19.3 Å². The first-order chi connectivity index (χ1) is 9.52. The third-order valence-electron chi connectivity index (χ3n) is 3.75. The van der Waals surface area contributed by atoms with Crippen molar-refractivity contribution >= 4 is 17.5 Å². The Kier molecular flexibility index (Phi) is 5.80. The second kappa shape index (κ2) is 6.62. The van der Waals surface area contributed by atoms with Crippen LogP contribution in [-0.2, 0) is 4.79 Å². The zero-order valence-electron chi connectivity index (χ0n) is 11.1. The molecule has 1 rings (SSSR count). The maximum atomic E-state index is 12.4. The molecule has 21 heavy (non-hydrogen) atoms. The molecule has 0 aromatic rings. The van der Waals surface area contributed by atoms with Crippen LogP contribution in [-0.4, -0.2) is 30.7 Å².